The minimum absolute atomic E-state index is 0.0559. The van der Waals surface area contributed by atoms with E-state index in [1.165, 1.54) is 0 Å². The third-order valence-electron chi connectivity index (χ3n) is 3.02. The lowest BCUT2D eigenvalue weighted by Crippen LogP contribution is -2.32. The predicted octanol–water partition coefficient (Wildman–Crippen LogP) is 1.57. The first-order chi connectivity index (χ1) is 9.47. The molecule has 6 heteroatoms. The van der Waals surface area contributed by atoms with Crippen molar-refractivity contribution in [2.45, 2.75) is 31.9 Å². The summed E-state index contributed by atoms with van der Waals surface area (Å²) in [4.78, 5) is 16.5. The Balaban J connectivity index is 2.80. The van der Waals surface area contributed by atoms with Crippen LogP contribution in [0.1, 0.15) is 36.3 Å². The van der Waals surface area contributed by atoms with Crippen molar-refractivity contribution < 1.29 is 9.00 Å². The zero-order valence-corrected chi connectivity index (χ0v) is 13.3. The van der Waals surface area contributed by atoms with Crippen molar-refractivity contribution in [3.63, 3.8) is 0 Å². The lowest BCUT2D eigenvalue weighted by Gasteiger charge is -2.11. The molecule has 112 valence electrons. The van der Waals surface area contributed by atoms with E-state index in [0.29, 0.717) is 17.9 Å². The molecule has 0 aromatic carbocycles. The van der Waals surface area contributed by atoms with Gasteiger partial charge in [-0.2, -0.15) is 0 Å². The van der Waals surface area contributed by atoms with Gasteiger partial charge in [-0.05, 0) is 25.5 Å². The van der Waals surface area contributed by atoms with Gasteiger partial charge in [0, 0.05) is 47.2 Å². The fraction of sp³-hybridized carbons (Fsp3) is 0.571. The van der Waals surface area contributed by atoms with Crippen LogP contribution in [-0.4, -0.2) is 40.2 Å². The second kappa shape index (κ2) is 7.99. The van der Waals surface area contributed by atoms with Gasteiger partial charge in [0.1, 0.15) is 5.82 Å². The number of carbonyl (C=O) groups excluding carboxylic acids is 1. The van der Waals surface area contributed by atoms with Gasteiger partial charge in [-0.25, -0.2) is 4.98 Å². The molecule has 0 bridgehead atoms. The summed E-state index contributed by atoms with van der Waals surface area (Å²) in [5.41, 5.74) is 1.48. The molecule has 0 saturated carbocycles. The van der Waals surface area contributed by atoms with E-state index in [0.717, 1.165) is 18.5 Å². The highest BCUT2D eigenvalue weighted by atomic mass is 32.2. The number of aromatic nitrogens is 1. The van der Waals surface area contributed by atoms with Gasteiger partial charge in [-0.3, -0.25) is 9.00 Å². The van der Waals surface area contributed by atoms with Crippen molar-refractivity contribution in [2.24, 2.45) is 0 Å². The molecule has 0 aliphatic carbocycles. The quantitative estimate of drug-likeness (QED) is 0.801. The van der Waals surface area contributed by atoms with Crippen molar-refractivity contribution in [2.75, 3.05) is 25.2 Å². The van der Waals surface area contributed by atoms with Crippen LogP contribution in [0.2, 0.25) is 0 Å². The molecule has 20 heavy (non-hydrogen) atoms. The number of rotatable bonds is 7. The van der Waals surface area contributed by atoms with Gasteiger partial charge < -0.3 is 10.6 Å². The topological polar surface area (TPSA) is 71.1 Å². The molecule has 2 atom stereocenters. The van der Waals surface area contributed by atoms with Crippen molar-refractivity contribution in [1.29, 1.82) is 0 Å². The van der Waals surface area contributed by atoms with E-state index in [9.17, 15) is 9.00 Å². The van der Waals surface area contributed by atoms with E-state index in [1.807, 2.05) is 13.0 Å². The normalized spacial score (nSPS) is 13.6. The summed E-state index contributed by atoms with van der Waals surface area (Å²) in [6, 6.07) is 3.54. The van der Waals surface area contributed by atoms with Crippen molar-refractivity contribution >= 4 is 22.5 Å². The molecule has 0 aliphatic heterocycles. The summed E-state index contributed by atoms with van der Waals surface area (Å²) < 4.78 is 11.3. The second-order valence-electron chi connectivity index (χ2n) is 4.75. The Morgan fingerprint density at radius 1 is 1.45 bits per heavy atom. The van der Waals surface area contributed by atoms with Crippen LogP contribution in [0.3, 0.4) is 0 Å². The van der Waals surface area contributed by atoms with Crippen LogP contribution in [-0.2, 0) is 17.2 Å². The van der Waals surface area contributed by atoms with Crippen LogP contribution < -0.4 is 10.6 Å². The Morgan fingerprint density at radius 2 is 2.15 bits per heavy atom. The SMILES string of the molecule is CCCc1cc(C(=O)NCC(C)S(C)=O)cc(NC)n1. The summed E-state index contributed by atoms with van der Waals surface area (Å²) in [6.07, 6.45) is 3.46. The molecule has 0 fully saturated rings. The van der Waals surface area contributed by atoms with Crippen LogP contribution in [0.15, 0.2) is 12.1 Å². The summed E-state index contributed by atoms with van der Waals surface area (Å²) >= 11 is 0. The first-order valence-corrected chi connectivity index (χ1v) is 8.39. The average molecular weight is 297 g/mol. The monoisotopic (exact) mass is 297 g/mol. The van der Waals surface area contributed by atoms with E-state index in [2.05, 4.69) is 22.5 Å². The number of aryl methyl sites for hydroxylation is 1. The predicted molar refractivity (Wildman–Crippen MR) is 83.6 cm³/mol. The Kier molecular flexibility index (Phi) is 6.64. The number of nitrogens with one attached hydrogen (secondary N) is 2. The highest BCUT2D eigenvalue weighted by Gasteiger charge is 2.12. The molecule has 0 aliphatic rings. The number of carbonyl (C=O) groups is 1. The first kappa shape index (κ1) is 16.6. The second-order valence-corrected chi connectivity index (χ2v) is 6.55. The zero-order chi connectivity index (χ0) is 15.1. The summed E-state index contributed by atoms with van der Waals surface area (Å²) in [6.45, 7) is 4.33. The molecule has 1 heterocycles. The molecule has 0 spiro atoms. The number of hydrogen-bond acceptors (Lipinski definition) is 4. The summed E-state index contributed by atoms with van der Waals surface area (Å²) in [5, 5.41) is 5.72. The third-order valence-corrected chi connectivity index (χ3v) is 4.32. The van der Waals surface area contributed by atoms with E-state index in [-0.39, 0.29) is 11.2 Å². The van der Waals surface area contributed by atoms with E-state index < -0.39 is 10.8 Å². The molecule has 1 amide bonds. The largest absolute Gasteiger partial charge is 0.373 e. The number of pyridine rings is 1. The molecule has 1 aromatic heterocycles. The van der Waals surface area contributed by atoms with Gasteiger partial charge in [0.25, 0.3) is 5.91 Å². The lowest BCUT2D eigenvalue weighted by atomic mass is 10.1. The molecule has 2 N–H and O–H groups in total. The Hall–Kier alpha value is -1.43. The maximum absolute atomic E-state index is 12.1. The van der Waals surface area contributed by atoms with Gasteiger partial charge >= 0.3 is 0 Å². The molecular formula is C14H23N3O2S. The number of anilines is 1. The maximum Gasteiger partial charge on any atom is 0.251 e. The van der Waals surface area contributed by atoms with Crippen LogP contribution in [0, 0.1) is 0 Å². The average Bonchev–Trinajstić information content (AvgIpc) is 2.44. The Morgan fingerprint density at radius 3 is 2.70 bits per heavy atom. The van der Waals surface area contributed by atoms with Crippen molar-refractivity contribution in [1.82, 2.24) is 10.3 Å². The van der Waals surface area contributed by atoms with Crippen LogP contribution in [0.4, 0.5) is 5.82 Å². The zero-order valence-electron chi connectivity index (χ0n) is 12.5. The number of nitrogens with zero attached hydrogens (tertiary/aromatic N) is 1. The molecule has 1 aromatic rings. The molecule has 5 nitrogen and oxygen atoms in total. The Labute approximate surface area is 123 Å². The van der Waals surface area contributed by atoms with Gasteiger partial charge in [0.15, 0.2) is 0 Å². The fourth-order valence-electron chi connectivity index (χ4n) is 1.69. The minimum Gasteiger partial charge on any atom is -0.373 e. The molecule has 0 radical (unpaired) electrons. The summed E-state index contributed by atoms with van der Waals surface area (Å²) in [5.74, 6) is 0.534. The van der Waals surface area contributed by atoms with E-state index >= 15 is 0 Å². The maximum atomic E-state index is 12.1. The molecule has 2 unspecified atom stereocenters. The fourth-order valence-corrected chi connectivity index (χ4v) is 2.00. The van der Waals surface area contributed by atoms with Crippen LogP contribution >= 0.6 is 0 Å². The molecular weight excluding hydrogens is 274 g/mol. The van der Waals surface area contributed by atoms with E-state index in [1.54, 1.807) is 19.4 Å². The van der Waals surface area contributed by atoms with E-state index in [4.69, 9.17) is 0 Å². The molecule has 1 rings (SSSR count). The lowest BCUT2D eigenvalue weighted by molar-refractivity contribution is 0.0954. The van der Waals surface area contributed by atoms with Crippen molar-refractivity contribution in [3.8, 4) is 0 Å². The van der Waals surface area contributed by atoms with Gasteiger partial charge in [-0.15, -0.1) is 0 Å². The standard InChI is InChI=1S/C14H23N3O2S/c1-5-6-12-7-11(8-13(15-3)17-12)14(18)16-9-10(2)20(4)19/h7-8,10H,5-6,9H2,1-4H3,(H,15,17)(H,16,18). The first-order valence-electron chi connectivity index (χ1n) is 6.77. The third kappa shape index (κ3) is 4.92. The van der Waals surface area contributed by atoms with Gasteiger partial charge in [0.2, 0.25) is 0 Å². The minimum atomic E-state index is -0.936. The number of amides is 1. The van der Waals surface area contributed by atoms with Crippen LogP contribution in [0.25, 0.3) is 0 Å². The Bertz CT molecular complexity index is 491. The smallest absolute Gasteiger partial charge is 0.251 e. The highest BCUT2D eigenvalue weighted by molar-refractivity contribution is 7.84. The van der Waals surface area contributed by atoms with Crippen LogP contribution in [0.5, 0.6) is 0 Å². The molecule has 0 saturated heterocycles. The van der Waals surface area contributed by atoms with Gasteiger partial charge in [-0.1, -0.05) is 13.3 Å². The number of hydrogen-bond donors (Lipinski definition) is 2. The summed E-state index contributed by atoms with van der Waals surface area (Å²) in [7, 11) is 0.844. The van der Waals surface area contributed by atoms with Crippen molar-refractivity contribution in [3.05, 3.63) is 23.4 Å². The highest BCUT2D eigenvalue weighted by Crippen LogP contribution is 2.12. The van der Waals surface area contributed by atoms with Gasteiger partial charge in [0.05, 0.1) is 0 Å².